The van der Waals surface area contributed by atoms with Gasteiger partial charge in [0.25, 0.3) is 0 Å². The summed E-state index contributed by atoms with van der Waals surface area (Å²) >= 11 is 0. The Morgan fingerprint density at radius 1 is 0.917 bits per heavy atom. The molecule has 0 fully saturated rings. The van der Waals surface area contributed by atoms with Crippen LogP contribution in [0.3, 0.4) is 0 Å². The summed E-state index contributed by atoms with van der Waals surface area (Å²) in [6, 6.07) is 12.0. The van der Waals surface area contributed by atoms with Gasteiger partial charge >= 0.3 is 0 Å². The van der Waals surface area contributed by atoms with Crippen LogP contribution in [0.25, 0.3) is 0 Å². The second-order valence-electron chi connectivity index (χ2n) is 6.08. The molecule has 2 N–H and O–H groups in total. The zero-order valence-electron chi connectivity index (χ0n) is 15.0. The van der Waals surface area contributed by atoms with E-state index in [2.05, 4.69) is 39.0 Å². The Balaban J connectivity index is 1.97. The molecule has 130 valence electrons. The molecule has 0 saturated heterocycles. The summed E-state index contributed by atoms with van der Waals surface area (Å²) in [5.41, 5.74) is 9.09. The van der Waals surface area contributed by atoms with Crippen molar-refractivity contribution in [2.75, 3.05) is 20.3 Å². The van der Waals surface area contributed by atoms with Crippen LogP contribution in [0.4, 0.5) is 0 Å². The molecule has 4 heteroatoms. The molecule has 0 aromatic heterocycles. The highest BCUT2D eigenvalue weighted by Crippen LogP contribution is 2.29. The van der Waals surface area contributed by atoms with Crippen LogP contribution < -0.4 is 19.9 Å². The molecule has 0 spiro atoms. The first-order valence-corrected chi connectivity index (χ1v) is 8.28. The third-order valence-electron chi connectivity index (χ3n) is 3.85. The van der Waals surface area contributed by atoms with Crippen molar-refractivity contribution >= 4 is 0 Å². The molecular weight excluding hydrogens is 302 g/mol. The molecular formula is C20H27NO3. The Morgan fingerprint density at radius 2 is 1.62 bits per heavy atom. The number of rotatable bonds is 8. The minimum Gasteiger partial charge on any atom is -0.493 e. The van der Waals surface area contributed by atoms with E-state index in [4.69, 9.17) is 19.9 Å². The highest BCUT2D eigenvalue weighted by Gasteiger charge is 2.09. The van der Waals surface area contributed by atoms with Gasteiger partial charge in [0, 0.05) is 6.54 Å². The van der Waals surface area contributed by atoms with Gasteiger partial charge in [0.2, 0.25) is 0 Å². The lowest BCUT2D eigenvalue weighted by molar-refractivity contribution is 0.209. The maximum Gasteiger partial charge on any atom is 0.161 e. The fourth-order valence-electron chi connectivity index (χ4n) is 2.51. The first-order chi connectivity index (χ1) is 11.5. The number of aryl methyl sites for hydroxylation is 1. The topological polar surface area (TPSA) is 53.7 Å². The van der Waals surface area contributed by atoms with E-state index in [-0.39, 0.29) is 0 Å². The Hall–Kier alpha value is -2.20. The lowest BCUT2D eigenvalue weighted by Gasteiger charge is -2.16. The second-order valence-corrected chi connectivity index (χ2v) is 6.08. The third-order valence-corrected chi connectivity index (χ3v) is 3.85. The molecule has 0 aliphatic rings. The van der Waals surface area contributed by atoms with Crippen LogP contribution in [-0.4, -0.2) is 20.3 Å². The van der Waals surface area contributed by atoms with Crippen LogP contribution in [0, 0.1) is 6.92 Å². The first kappa shape index (κ1) is 18.1. The van der Waals surface area contributed by atoms with Crippen LogP contribution in [0.15, 0.2) is 36.4 Å². The van der Waals surface area contributed by atoms with Gasteiger partial charge in [0.1, 0.15) is 19.0 Å². The van der Waals surface area contributed by atoms with Crippen LogP contribution >= 0.6 is 0 Å². The lowest BCUT2D eigenvalue weighted by atomic mass is 10.0. The molecule has 24 heavy (non-hydrogen) atoms. The minimum absolute atomic E-state index is 0.419. The monoisotopic (exact) mass is 329 g/mol. The van der Waals surface area contributed by atoms with Crippen molar-refractivity contribution in [2.45, 2.75) is 33.2 Å². The second kappa shape index (κ2) is 8.60. The molecule has 2 rings (SSSR count). The molecule has 4 nitrogen and oxygen atoms in total. The number of methoxy groups -OCH3 is 1. The number of nitrogens with two attached hydrogens (primary N) is 1. The van der Waals surface area contributed by atoms with Gasteiger partial charge in [0.05, 0.1) is 7.11 Å². The van der Waals surface area contributed by atoms with Gasteiger partial charge in [-0.25, -0.2) is 0 Å². The molecule has 2 aromatic carbocycles. The average Bonchev–Trinajstić information content (AvgIpc) is 2.58. The Bertz CT molecular complexity index is 668. The first-order valence-electron chi connectivity index (χ1n) is 8.28. The lowest BCUT2D eigenvalue weighted by Crippen LogP contribution is -2.11. The number of benzene rings is 2. The van der Waals surface area contributed by atoms with Crippen molar-refractivity contribution in [1.82, 2.24) is 0 Å². The van der Waals surface area contributed by atoms with Crippen molar-refractivity contribution in [2.24, 2.45) is 5.73 Å². The van der Waals surface area contributed by atoms with Crippen LogP contribution in [-0.2, 0) is 6.54 Å². The standard InChI is InChI=1S/C20H27NO3/c1-14(2)17-7-5-15(3)11-19(17)23-9-10-24-20-12-16(13-21)6-8-18(20)22-4/h5-8,11-12,14H,9-10,13,21H2,1-4H3. The van der Waals surface area contributed by atoms with Crippen molar-refractivity contribution < 1.29 is 14.2 Å². The minimum atomic E-state index is 0.419. The summed E-state index contributed by atoms with van der Waals surface area (Å²) in [5, 5.41) is 0. The van der Waals surface area contributed by atoms with Crippen LogP contribution in [0.1, 0.15) is 36.5 Å². The predicted molar refractivity (Wildman–Crippen MR) is 97.1 cm³/mol. The fourth-order valence-corrected chi connectivity index (χ4v) is 2.51. The molecule has 0 atom stereocenters. The number of hydrogen-bond acceptors (Lipinski definition) is 4. The quantitative estimate of drug-likeness (QED) is 0.743. The molecule has 0 saturated carbocycles. The van der Waals surface area contributed by atoms with Gasteiger partial charge in [-0.3, -0.25) is 0 Å². The molecule has 0 bridgehead atoms. The van der Waals surface area contributed by atoms with E-state index >= 15 is 0 Å². The smallest absolute Gasteiger partial charge is 0.161 e. The van der Waals surface area contributed by atoms with Crippen molar-refractivity contribution in [3.05, 3.63) is 53.1 Å². The van der Waals surface area contributed by atoms with Gasteiger partial charge in [-0.1, -0.05) is 32.0 Å². The predicted octanol–water partition coefficient (Wildman–Crippen LogP) is 4.04. The molecule has 0 aliphatic carbocycles. The van der Waals surface area contributed by atoms with E-state index in [9.17, 15) is 0 Å². The zero-order valence-corrected chi connectivity index (χ0v) is 15.0. The van der Waals surface area contributed by atoms with Crippen LogP contribution in [0.2, 0.25) is 0 Å². The van der Waals surface area contributed by atoms with E-state index in [1.165, 1.54) is 11.1 Å². The Morgan fingerprint density at radius 3 is 2.25 bits per heavy atom. The van der Waals surface area contributed by atoms with E-state index in [0.717, 1.165) is 11.3 Å². The van der Waals surface area contributed by atoms with E-state index < -0.39 is 0 Å². The van der Waals surface area contributed by atoms with Crippen molar-refractivity contribution in [1.29, 1.82) is 0 Å². The maximum absolute atomic E-state index is 5.94. The number of ether oxygens (including phenoxy) is 3. The van der Waals surface area contributed by atoms with Gasteiger partial charge in [0.15, 0.2) is 11.5 Å². The molecule has 0 amide bonds. The van der Waals surface area contributed by atoms with E-state index in [1.54, 1.807) is 7.11 Å². The number of hydrogen-bond donors (Lipinski definition) is 1. The summed E-state index contributed by atoms with van der Waals surface area (Å²) in [5.74, 6) is 2.74. The molecule has 0 radical (unpaired) electrons. The fraction of sp³-hybridized carbons (Fsp3) is 0.400. The Kier molecular flexibility index (Phi) is 6.50. The zero-order chi connectivity index (χ0) is 17.5. The van der Waals surface area contributed by atoms with Gasteiger partial charge in [-0.2, -0.15) is 0 Å². The molecule has 0 unspecified atom stereocenters. The normalized spacial score (nSPS) is 10.8. The largest absolute Gasteiger partial charge is 0.493 e. The van der Waals surface area contributed by atoms with Gasteiger partial charge in [-0.15, -0.1) is 0 Å². The van der Waals surface area contributed by atoms with E-state index in [0.29, 0.717) is 37.2 Å². The third kappa shape index (κ3) is 4.65. The Labute approximate surface area is 144 Å². The summed E-state index contributed by atoms with van der Waals surface area (Å²) in [6.07, 6.45) is 0. The van der Waals surface area contributed by atoms with Crippen molar-refractivity contribution in [3.8, 4) is 17.2 Å². The summed E-state index contributed by atoms with van der Waals surface area (Å²) in [4.78, 5) is 0. The van der Waals surface area contributed by atoms with Crippen molar-refractivity contribution in [3.63, 3.8) is 0 Å². The van der Waals surface area contributed by atoms with Gasteiger partial charge in [-0.05, 0) is 47.7 Å². The maximum atomic E-state index is 5.94. The van der Waals surface area contributed by atoms with E-state index in [1.807, 2.05) is 18.2 Å². The molecule has 2 aromatic rings. The average molecular weight is 329 g/mol. The SMILES string of the molecule is COc1ccc(CN)cc1OCCOc1cc(C)ccc1C(C)C. The summed E-state index contributed by atoms with van der Waals surface area (Å²) < 4.78 is 17.1. The summed E-state index contributed by atoms with van der Waals surface area (Å²) in [7, 11) is 1.63. The highest BCUT2D eigenvalue weighted by molar-refractivity contribution is 5.43. The van der Waals surface area contributed by atoms with Gasteiger partial charge < -0.3 is 19.9 Å². The van der Waals surface area contributed by atoms with Crippen LogP contribution in [0.5, 0.6) is 17.2 Å². The molecule has 0 aliphatic heterocycles. The summed E-state index contributed by atoms with van der Waals surface area (Å²) in [6.45, 7) is 7.78. The molecule has 0 heterocycles. The highest BCUT2D eigenvalue weighted by atomic mass is 16.5.